The van der Waals surface area contributed by atoms with Gasteiger partial charge in [0.1, 0.15) is 6.54 Å². The van der Waals surface area contributed by atoms with Gasteiger partial charge in [-0.2, -0.15) is 5.10 Å². The van der Waals surface area contributed by atoms with Gasteiger partial charge in [0.25, 0.3) is 0 Å². The highest BCUT2D eigenvalue weighted by Gasteiger charge is 2.15. The number of nitrogens with one attached hydrogen (secondary N) is 1. The first-order valence-corrected chi connectivity index (χ1v) is 9.90. The molecule has 0 spiro atoms. The van der Waals surface area contributed by atoms with Gasteiger partial charge in [0.05, 0.1) is 16.7 Å². The number of carbonyl (C=O) groups excluding carboxylic acids is 1. The lowest BCUT2D eigenvalue weighted by Gasteiger charge is -2.14. The standard InChI is InChI=1S/C21H27N5O3/c1-5-24-17-9-7-8-10-18(17)25(21(29)20(24)28)13-19(27)22-12-11-16-14(3)23-26(6-2)15(16)4/h7-10H,5-6,11-13H2,1-4H3,(H,22,27). The van der Waals surface area contributed by atoms with Gasteiger partial charge < -0.3 is 9.88 Å². The zero-order chi connectivity index (χ0) is 21.1. The monoisotopic (exact) mass is 397 g/mol. The van der Waals surface area contributed by atoms with E-state index >= 15 is 0 Å². The lowest BCUT2D eigenvalue weighted by atomic mass is 10.1. The Morgan fingerprint density at radius 3 is 2.21 bits per heavy atom. The van der Waals surface area contributed by atoms with Gasteiger partial charge in [0, 0.05) is 25.3 Å². The van der Waals surface area contributed by atoms with E-state index in [2.05, 4.69) is 10.4 Å². The topological polar surface area (TPSA) is 90.9 Å². The molecule has 0 aliphatic rings. The first kappa shape index (κ1) is 20.6. The summed E-state index contributed by atoms with van der Waals surface area (Å²) in [4.78, 5) is 37.5. The van der Waals surface area contributed by atoms with E-state index in [4.69, 9.17) is 0 Å². The second kappa shape index (κ2) is 8.46. The molecule has 3 rings (SSSR count). The van der Waals surface area contributed by atoms with Crippen molar-refractivity contribution < 1.29 is 4.79 Å². The lowest BCUT2D eigenvalue weighted by Crippen LogP contribution is -2.43. The third-order valence-electron chi connectivity index (χ3n) is 5.28. The van der Waals surface area contributed by atoms with Crippen molar-refractivity contribution in [3.8, 4) is 0 Å². The number of aromatic nitrogens is 4. The number of benzene rings is 1. The molecular weight excluding hydrogens is 370 g/mol. The summed E-state index contributed by atoms with van der Waals surface area (Å²) in [7, 11) is 0. The molecule has 2 heterocycles. The molecule has 0 saturated carbocycles. The van der Waals surface area contributed by atoms with Crippen LogP contribution in [0, 0.1) is 13.8 Å². The number of rotatable bonds is 7. The maximum absolute atomic E-state index is 12.6. The Hall–Kier alpha value is -3.16. The number of fused-ring (bicyclic) bond motifs is 1. The molecule has 0 saturated heterocycles. The highest BCUT2D eigenvalue weighted by molar-refractivity contribution is 5.80. The Morgan fingerprint density at radius 1 is 1.00 bits per heavy atom. The summed E-state index contributed by atoms with van der Waals surface area (Å²) in [5, 5.41) is 7.34. The Morgan fingerprint density at radius 2 is 1.62 bits per heavy atom. The second-order valence-electron chi connectivity index (χ2n) is 6.99. The molecule has 0 atom stereocenters. The van der Waals surface area contributed by atoms with Crippen LogP contribution in [0.2, 0.25) is 0 Å². The van der Waals surface area contributed by atoms with Crippen molar-refractivity contribution in [1.82, 2.24) is 24.2 Å². The molecule has 3 aromatic rings. The number of amides is 1. The van der Waals surface area contributed by atoms with Crippen molar-refractivity contribution in [3.63, 3.8) is 0 Å². The van der Waals surface area contributed by atoms with Crippen LogP contribution in [-0.2, 0) is 30.8 Å². The van der Waals surface area contributed by atoms with Crippen LogP contribution in [0.4, 0.5) is 0 Å². The highest BCUT2D eigenvalue weighted by atomic mass is 16.2. The molecule has 0 radical (unpaired) electrons. The van der Waals surface area contributed by atoms with Crippen LogP contribution in [-0.4, -0.2) is 31.4 Å². The summed E-state index contributed by atoms with van der Waals surface area (Å²) in [6.07, 6.45) is 0.663. The molecule has 154 valence electrons. The molecule has 0 unspecified atom stereocenters. The molecular formula is C21H27N5O3. The number of hydrogen-bond acceptors (Lipinski definition) is 4. The average Bonchev–Trinajstić information content (AvgIpc) is 2.99. The fourth-order valence-corrected chi connectivity index (χ4v) is 3.77. The van der Waals surface area contributed by atoms with Crippen LogP contribution in [0.15, 0.2) is 33.9 Å². The van der Waals surface area contributed by atoms with E-state index in [9.17, 15) is 14.4 Å². The van der Waals surface area contributed by atoms with Crippen molar-refractivity contribution in [2.45, 2.75) is 53.8 Å². The number of hydrogen-bond donors (Lipinski definition) is 1. The average molecular weight is 397 g/mol. The Kier molecular flexibility index (Phi) is 6.00. The van der Waals surface area contributed by atoms with Crippen LogP contribution >= 0.6 is 0 Å². The van der Waals surface area contributed by atoms with E-state index in [-0.39, 0.29) is 12.5 Å². The fourth-order valence-electron chi connectivity index (χ4n) is 3.77. The molecule has 0 fully saturated rings. The summed E-state index contributed by atoms with van der Waals surface area (Å²) in [5.41, 5.74) is 3.11. The van der Waals surface area contributed by atoms with E-state index < -0.39 is 11.1 Å². The lowest BCUT2D eigenvalue weighted by molar-refractivity contribution is -0.121. The number of nitrogens with zero attached hydrogens (tertiary/aromatic N) is 4. The molecule has 1 aromatic carbocycles. The second-order valence-corrected chi connectivity index (χ2v) is 6.99. The van der Waals surface area contributed by atoms with Gasteiger partial charge in [-0.05, 0) is 51.8 Å². The highest BCUT2D eigenvalue weighted by Crippen LogP contribution is 2.13. The summed E-state index contributed by atoms with van der Waals surface area (Å²) in [5.74, 6) is -0.302. The number of carbonyl (C=O) groups is 1. The van der Waals surface area contributed by atoms with Gasteiger partial charge in [-0.1, -0.05) is 12.1 Å². The first-order chi connectivity index (χ1) is 13.9. The Balaban J connectivity index is 1.77. The zero-order valence-electron chi connectivity index (χ0n) is 17.4. The minimum absolute atomic E-state index is 0.189. The van der Waals surface area contributed by atoms with E-state index in [1.54, 1.807) is 18.2 Å². The molecule has 1 amide bonds. The van der Waals surface area contributed by atoms with Crippen LogP contribution in [0.5, 0.6) is 0 Å². The van der Waals surface area contributed by atoms with Crippen LogP contribution in [0.25, 0.3) is 11.0 Å². The van der Waals surface area contributed by atoms with Gasteiger partial charge in [-0.15, -0.1) is 0 Å². The predicted octanol–water partition coefficient (Wildman–Crippen LogP) is 1.38. The quantitative estimate of drug-likeness (QED) is 0.610. The van der Waals surface area contributed by atoms with E-state index in [0.29, 0.717) is 30.5 Å². The van der Waals surface area contributed by atoms with Gasteiger partial charge in [-0.3, -0.25) is 23.6 Å². The van der Waals surface area contributed by atoms with Gasteiger partial charge in [-0.25, -0.2) is 0 Å². The van der Waals surface area contributed by atoms with Crippen LogP contribution in [0.1, 0.15) is 30.8 Å². The Bertz CT molecular complexity index is 1170. The third kappa shape index (κ3) is 3.87. The van der Waals surface area contributed by atoms with Crippen molar-refractivity contribution >= 4 is 16.9 Å². The summed E-state index contributed by atoms with van der Waals surface area (Å²) in [6.45, 7) is 9.29. The summed E-state index contributed by atoms with van der Waals surface area (Å²) < 4.78 is 4.63. The largest absolute Gasteiger partial charge is 0.354 e. The van der Waals surface area contributed by atoms with Crippen molar-refractivity contribution in [3.05, 3.63) is 61.9 Å². The molecule has 0 bridgehead atoms. The third-order valence-corrected chi connectivity index (χ3v) is 5.28. The molecule has 0 aliphatic carbocycles. The smallest absolute Gasteiger partial charge is 0.317 e. The molecule has 29 heavy (non-hydrogen) atoms. The number of aryl methyl sites for hydroxylation is 3. The first-order valence-electron chi connectivity index (χ1n) is 9.90. The summed E-state index contributed by atoms with van der Waals surface area (Å²) in [6, 6.07) is 7.13. The minimum atomic E-state index is -0.684. The van der Waals surface area contributed by atoms with Crippen molar-refractivity contribution in [2.24, 2.45) is 0 Å². The summed E-state index contributed by atoms with van der Waals surface area (Å²) >= 11 is 0. The molecule has 2 aromatic heterocycles. The van der Waals surface area contributed by atoms with Gasteiger partial charge >= 0.3 is 11.1 Å². The maximum atomic E-state index is 12.6. The normalized spacial score (nSPS) is 11.2. The SMILES string of the molecule is CCn1nc(C)c(CCNC(=O)Cn2c(=O)c(=O)n(CC)c3ccccc32)c1C. The molecule has 8 heteroatoms. The Labute approximate surface area is 168 Å². The van der Waals surface area contributed by atoms with Crippen molar-refractivity contribution in [1.29, 1.82) is 0 Å². The van der Waals surface area contributed by atoms with E-state index in [0.717, 1.165) is 23.5 Å². The van der Waals surface area contributed by atoms with Crippen LogP contribution < -0.4 is 16.4 Å². The van der Waals surface area contributed by atoms with Crippen LogP contribution in [0.3, 0.4) is 0 Å². The minimum Gasteiger partial charge on any atom is -0.354 e. The molecule has 0 aliphatic heterocycles. The predicted molar refractivity (Wildman–Crippen MR) is 112 cm³/mol. The van der Waals surface area contributed by atoms with Crippen molar-refractivity contribution in [2.75, 3.05) is 6.54 Å². The maximum Gasteiger partial charge on any atom is 0.317 e. The van der Waals surface area contributed by atoms with Gasteiger partial charge in [0.15, 0.2) is 0 Å². The molecule has 8 nitrogen and oxygen atoms in total. The molecule has 1 N–H and O–H groups in total. The van der Waals surface area contributed by atoms with E-state index in [1.807, 2.05) is 38.4 Å². The van der Waals surface area contributed by atoms with Gasteiger partial charge in [0.2, 0.25) is 5.91 Å². The number of para-hydroxylation sites is 2. The zero-order valence-corrected chi connectivity index (χ0v) is 17.4. The van der Waals surface area contributed by atoms with E-state index in [1.165, 1.54) is 9.13 Å². The fraction of sp³-hybridized carbons (Fsp3) is 0.429.